The molecule has 0 aliphatic rings. The molecule has 0 bridgehead atoms. The van der Waals surface area contributed by atoms with Crippen LogP contribution < -0.4 is 5.43 Å². The predicted molar refractivity (Wildman–Crippen MR) is 157 cm³/mol. The first-order valence-electron chi connectivity index (χ1n) is 12.0. The average Bonchev–Trinajstić information content (AvgIpc) is 3.44. The molecule has 0 spiro atoms. The van der Waals surface area contributed by atoms with Crippen molar-refractivity contribution < 1.29 is 0 Å². The number of anilines is 1. The lowest BCUT2D eigenvalue weighted by molar-refractivity contribution is 1.22. The normalized spacial score (nSPS) is 11.0. The second kappa shape index (κ2) is 11.9. The topological polar surface area (TPSA) is 49.1 Å². The maximum Gasteiger partial charge on any atom is 0.100 e. The zero-order valence-electron chi connectivity index (χ0n) is 20.5. The summed E-state index contributed by atoms with van der Waals surface area (Å²) in [6, 6.07) is 42.7. The molecule has 0 unspecified atom stereocenters. The van der Waals surface area contributed by atoms with Crippen molar-refractivity contribution in [1.82, 2.24) is 0 Å². The van der Waals surface area contributed by atoms with Crippen LogP contribution in [-0.4, -0.2) is 17.1 Å². The van der Waals surface area contributed by atoms with Crippen LogP contribution >= 0.6 is 11.3 Å². The molecule has 180 valence electrons. The smallest absolute Gasteiger partial charge is 0.100 e. The fraction of sp³-hybridized carbons (Fsp3) is 0.0312. The SMILES string of the molecule is C/C(=N/N=C(c1ccccc1)c1ccccc1)c1sccc1NN=C(c1ccccc1)c1ccccc1. The van der Waals surface area contributed by atoms with Gasteiger partial charge < -0.3 is 0 Å². The number of nitrogens with zero attached hydrogens (tertiary/aromatic N) is 3. The molecular formula is C32H26N4S. The maximum atomic E-state index is 4.82. The van der Waals surface area contributed by atoms with E-state index in [1.807, 2.05) is 91.2 Å². The van der Waals surface area contributed by atoms with Gasteiger partial charge in [0, 0.05) is 22.3 Å². The molecule has 4 nitrogen and oxygen atoms in total. The van der Waals surface area contributed by atoms with Crippen LogP contribution in [0.4, 0.5) is 5.69 Å². The van der Waals surface area contributed by atoms with Crippen LogP contribution in [0.5, 0.6) is 0 Å². The van der Waals surface area contributed by atoms with Crippen LogP contribution in [0, 0.1) is 0 Å². The van der Waals surface area contributed by atoms with Crippen molar-refractivity contribution in [3.8, 4) is 0 Å². The molecule has 37 heavy (non-hydrogen) atoms. The summed E-state index contributed by atoms with van der Waals surface area (Å²) in [5, 5.41) is 16.2. The van der Waals surface area contributed by atoms with E-state index in [-0.39, 0.29) is 0 Å². The molecule has 0 fully saturated rings. The molecule has 0 atom stereocenters. The average molecular weight is 499 g/mol. The standard InChI is InChI=1S/C32H26N4S/c1-24(33-35-30(25-14-6-2-7-15-25)26-16-8-3-9-17-26)32-29(22-23-37-32)34-36-31(27-18-10-4-11-19-27)28-20-12-5-13-21-28/h2-23,34H,1H3/b33-24-. The Bertz CT molecular complexity index is 1440. The van der Waals surface area contributed by atoms with Gasteiger partial charge >= 0.3 is 0 Å². The number of nitrogens with one attached hydrogen (secondary N) is 1. The minimum Gasteiger partial charge on any atom is -0.276 e. The number of benzene rings is 4. The molecule has 4 aromatic carbocycles. The van der Waals surface area contributed by atoms with E-state index in [2.05, 4.69) is 59.1 Å². The van der Waals surface area contributed by atoms with Crippen LogP contribution in [0.15, 0.2) is 148 Å². The molecule has 0 saturated carbocycles. The first kappa shape index (κ1) is 24.1. The Hall–Kier alpha value is -4.61. The van der Waals surface area contributed by atoms with Crippen molar-refractivity contribution in [1.29, 1.82) is 0 Å². The van der Waals surface area contributed by atoms with Crippen molar-refractivity contribution in [3.05, 3.63) is 160 Å². The minimum atomic E-state index is 0.818. The zero-order valence-corrected chi connectivity index (χ0v) is 21.3. The van der Waals surface area contributed by atoms with Crippen molar-refractivity contribution in [2.75, 3.05) is 5.43 Å². The molecule has 1 N–H and O–H groups in total. The van der Waals surface area contributed by atoms with Gasteiger partial charge in [0.2, 0.25) is 0 Å². The highest BCUT2D eigenvalue weighted by Gasteiger charge is 2.11. The zero-order chi connectivity index (χ0) is 25.3. The summed E-state index contributed by atoms with van der Waals surface area (Å²) in [4.78, 5) is 0.994. The first-order chi connectivity index (χ1) is 18.3. The van der Waals surface area contributed by atoms with E-state index in [9.17, 15) is 0 Å². The lowest BCUT2D eigenvalue weighted by Gasteiger charge is -2.09. The summed E-state index contributed by atoms with van der Waals surface area (Å²) in [5.74, 6) is 0. The fourth-order valence-corrected chi connectivity index (χ4v) is 4.72. The Morgan fingerprint density at radius 1 is 0.541 bits per heavy atom. The van der Waals surface area contributed by atoms with Crippen molar-refractivity contribution >= 4 is 34.2 Å². The van der Waals surface area contributed by atoms with Gasteiger partial charge in [-0.25, -0.2) is 0 Å². The molecule has 1 aromatic heterocycles. The number of rotatable bonds is 8. The largest absolute Gasteiger partial charge is 0.276 e. The summed E-state index contributed by atoms with van der Waals surface area (Å²) < 4.78 is 0. The van der Waals surface area contributed by atoms with Crippen molar-refractivity contribution in [3.63, 3.8) is 0 Å². The van der Waals surface area contributed by atoms with Gasteiger partial charge in [0.1, 0.15) is 5.71 Å². The molecule has 0 aliphatic heterocycles. The van der Waals surface area contributed by atoms with Gasteiger partial charge in [0.15, 0.2) is 0 Å². The summed E-state index contributed by atoms with van der Waals surface area (Å²) in [7, 11) is 0. The Kier molecular flexibility index (Phi) is 7.74. The summed E-state index contributed by atoms with van der Waals surface area (Å²) in [5.41, 5.74) is 10.8. The highest BCUT2D eigenvalue weighted by Crippen LogP contribution is 2.24. The molecule has 0 amide bonds. The third-order valence-electron chi connectivity index (χ3n) is 5.77. The number of hydrogen-bond acceptors (Lipinski definition) is 5. The maximum absolute atomic E-state index is 4.82. The summed E-state index contributed by atoms with van der Waals surface area (Å²) in [6.07, 6.45) is 0. The van der Waals surface area contributed by atoms with E-state index < -0.39 is 0 Å². The summed E-state index contributed by atoms with van der Waals surface area (Å²) >= 11 is 1.61. The van der Waals surface area contributed by atoms with Crippen LogP contribution in [-0.2, 0) is 0 Å². The minimum absolute atomic E-state index is 0.818. The Balaban J connectivity index is 1.47. The van der Waals surface area contributed by atoms with Gasteiger partial charge in [-0.05, 0) is 18.4 Å². The quantitative estimate of drug-likeness (QED) is 0.172. The van der Waals surface area contributed by atoms with E-state index in [1.54, 1.807) is 11.3 Å². The fourth-order valence-electron chi connectivity index (χ4n) is 3.93. The van der Waals surface area contributed by atoms with E-state index in [0.717, 1.165) is 50.0 Å². The van der Waals surface area contributed by atoms with Crippen molar-refractivity contribution in [2.24, 2.45) is 15.3 Å². The summed E-state index contributed by atoms with van der Waals surface area (Å²) in [6.45, 7) is 1.98. The second-order valence-corrected chi connectivity index (χ2v) is 9.25. The van der Waals surface area contributed by atoms with E-state index in [4.69, 9.17) is 10.2 Å². The molecule has 0 radical (unpaired) electrons. The highest BCUT2D eigenvalue weighted by molar-refractivity contribution is 7.12. The van der Waals surface area contributed by atoms with Gasteiger partial charge in [-0.3, -0.25) is 5.43 Å². The Morgan fingerprint density at radius 3 is 1.43 bits per heavy atom. The number of hydrogen-bond donors (Lipinski definition) is 1. The molecule has 5 heteroatoms. The highest BCUT2D eigenvalue weighted by atomic mass is 32.1. The molecule has 1 heterocycles. The van der Waals surface area contributed by atoms with Crippen LogP contribution in [0.2, 0.25) is 0 Å². The third kappa shape index (κ3) is 5.97. The van der Waals surface area contributed by atoms with Crippen molar-refractivity contribution in [2.45, 2.75) is 6.92 Å². The second-order valence-electron chi connectivity index (χ2n) is 8.33. The molecule has 0 aliphatic carbocycles. The Labute approximate surface area is 221 Å². The molecule has 0 saturated heterocycles. The van der Waals surface area contributed by atoms with Gasteiger partial charge in [-0.2, -0.15) is 10.2 Å². The van der Waals surface area contributed by atoms with Crippen LogP contribution in [0.25, 0.3) is 0 Å². The van der Waals surface area contributed by atoms with E-state index in [0.29, 0.717) is 0 Å². The van der Waals surface area contributed by atoms with Crippen LogP contribution in [0.1, 0.15) is 34.1 Å². The monoisotopic (exact) mass is 498 g/mol. The van der Waals surface area contributed by atoms with Gasteiger partial charge in [-0.1, -0.05) is 121 Å². The molecule has 5 rings (SSSR count). The third-order valence-corrected chi connectivity index (χ3v) is 6.79. The van der Waals surface area contributed by atoms with Gasteiger partial charge in [-0.15, -0.1) is 16.4 Å². The Morgan fingerprint density at radius 2 is 0.973 bits per heavy atom. The molecular weight excluding hydrogens is 472 g/mol. The molecule has 5 aromatic rings. The number of thiophene rings is 1. The van der Waals surface area contributed by atoms with Gasteiger partial charge in [0.25, 0.3) is 0 Å². The van der Waals surface area contributed by atoms with E-state index in [1.165, 1.54) is 0 Å². The number of hydrazone groups is 1. The van der Waals surface area contributed by atoms with E-state index >= 15 is 0 Å². The van der Waals surface area contributed by atoms with Gasteiger partial charge in [0.05, 0.1) is 22.0 Å². The van der Waals surface area contributed by atoms with Crippen LogP contribution in [0.3, 0.4) is 0 Å². The lowest BCUT2D eigenvalue weighted by Crippen LogP contribution is -2.07. The predicted octanol–water partition coefficient (Wildman–Crippen LogP) is 7.87. The lowest BCUT2D eigenvalue weighted by atomic mass is 10.0. The first-order valence-corrected chi connectivity index (χ1v) is 12.9.